The Labute approximate surface area is 198 Å². The van der Waals surface area contributed by atoms with Crippen LogP contribution in [0.5, 0.6) is 5.75 Å². The molecule has 176 valence electrons. The highest BCUT2D eigenvalue weighted by atomic mass is 16.5. The molecule has 0 spiro atoms. The van der Waals surface area contributed by atoms with Crippen molar-refractivity contribution in [2.45, 2.75) is 45.2 Å². The second kappa shape index (κ2) is 9.83. The lowest BCUT2D eigenvalue weighted by atomic mass is 10.1. The van der Waals surface area contributed by atoms with Crippen molar-refractivity contribution in [3.63, 3.8) is 0 Å². The molecule has 2 aromatic carbocycles. The first-order chi connectivity index (χ1) is 16.5. The third kappa shape index (κ3) is 5.05. The minimum absolute atomic E-state index is 0.0800. The van der Waals surface area contributed by atoms with Gasteiger partial charge >= 0.3 is 0 Å². The van der Waals surface area contributed by atoms with Gasteiger partial charge in [0.1, 0.15) is 18.6 Å². The predicted molar refractivity (Wildman–Crippen MR) is 126 cm³/mol. The molecule has 3 heterocycles. The summed E-state index contributed by atoms with van der Waals surface area (Å²) in [6.45, 7) is 3.48. The third-order valence-corrected chi connectivity index (χ3v) is 6.42. The Morgan fingerprint density at radius 2 is 1.82 bits per heavy atom. The van der Waals surface area contributed by atoms with Gasteiger partial charge in [-0.25, -0.2) is 0 Å². The Kier molecular flexibility index (Phi) is 6.47. The molecule has 1 fully saturated rings. The lowest BCUT2D eigenvalue weighted by molar-refractivity contribution is 0.0473. The standard InChI is InChI=1S/C27H28N2O5/c30-23-6-3-11-29(15-23)27(32)20-9-7-19(8-10-20)17-34-26-18-33-24(12-25(26)31)16-28-13-21-4-1-2-5-22(21)14-28/h1-2,4-5,7-10,12,18,23,30H,3,6,11,13-17H2. The summed E-state index contributed by atoms with van der Waals surface area (Å²) < 4.78 is 11.4. The number of hydrogen-bond donors (Lipinski definition) is 1. The zero-order chi connectivity index (χ0) is 23.5. The van der Waals surface area contributed by atoms with Crippen molar-refractivity contribution in [3.05, 3.63) is 99.1 Å². The number of carbonyl (C=O) groups is 1. The van der Waals surface area contributed by atoms with Crippen molar-refractivity contribution < 1.29 is 19.1 Å². The van der Waals surface area contributed by atoms with Crippen LogP contribution in [0.2, 0.25) is 0 Å². The molecule has 2 aliphatic heterocycles. The fourth-order valence-electron chi connectivity index (χ4n) is 4.59. The van der Waals surface area contributed by atoms with Gasteiger partial charge in [-0.3, -0.25) is 14.5 Å². The summed E-state index contributed by atoms with van der Waals surface area (Å²) in [4.78, 5) is 29.1. The normalized spacial score (nSPS) is 18.0. The van der Waals surface area contributed by atoms with Gasteiger partial charge in [0.25, 0.3) is 5.91 Å². The van der Waals surface area contributed by atoms with E-state index in [0.29, 0.717) is 31.0 Å². The average molecular weight is 461 g/mol. The number of fused-ring (bicyclic) bond motifs is 1. The Morgan fingerprint density at radius 3 is 2.50 bits per heavy atom. The lowest BCUT2D eigenvalue weighted by Gasteiger charge is -2.30. The molecule has 1 aromatic heterocycles. The summed E-state index contributed by atoms with van der Waals surface area (Å²) >= 11 is 0. The van der Waals surface area contributed by atoms with Crippen LogP contribution in [0.3, 0.4) is 0 Å². The minimum atomic E-state index is -0.449. The van der Waals surface area contributed by atoms with Crippen LogP contribution in [0.4, 0.5) is 0 Å². The first-order valence-corrected chi connectivity index (χ1v) is 11.6. The largest absolute Gasteiger partial charge is 0.482 e. The molecule has 0 bridgehead atoms. The molecular weight excluding hydrogens is 432 g/mol. The number of nitrogens with zero attached hydrogens (tertiary/aromatic N) is 2. The Balaban J connectivity index is 1.15. The van der Waals surface area contributed by atoms with E-state index in [1.807, 2.05) is 24.3 Å². The Hall–Kier alpha value is -3.42. The first-order valence-electron chi connectivity index (χ1n) is 11.6. The van der Waals surface area contributed by atoms with E-state index in [1.54, 1.807) is 17.0 Å². The minimum Gasteiger partial charge on any atom is -0.482 e. The average Bonchev–Trinajstić information content (AvgIpc) is 3.26. The monoisotopic (exact) mass is 460 g/mol. The number of rotatable bonds is 6. The summed E-state index contributed by atoms with van der Waals surface area (Å²) in [5.41, 5.74) is 3.82. The number of amides is 1. The Morgan fingerprint density at radius 1 is 1.09 bits per heavy atom. The molecule has 1 saturated heterocycles. The molecule has 5 rings (SSSR count). The van der Waals surface area contributed by atoms with Gasteiger partial charge in [-0.2, -0.15) is 0 Å². The van der Waals surface area contributed by atoms with Gasteiger partial charge in [-0.15, -0.1) is 0 Å². The summed E-state index contributed by atoms with van der Waals surface area (Å²) in [6, 6.07) is 17.0. The number of aliphatic hydroxyl groups is 1. The topological polar surface area (TPSA) is 83.2 Å². The van der Waals surface area contributed by atoms with Crippen LogP contribution in [-0.2, 0) is 26.2 Å². The fourth-order valence-corrected chi connectivity index (χ4v) is 4.59. The Bertz CT molecular complexity index is 1200. The van der Waals surface area contributed by atoms with E-state index in [0.717, 1.165) is 31.5 Å². The molecule has 0 saturated carbocycles. The maximum Gasteiger partial charge on any atom is 0.253 e. The van der Waals surface area contributed by atoms with Crippen LogP contribution < -0.4 is 10.2 Å². The number of carbonyl (C=O) groups excluding carboxylic acids is 1. The molecule has 3 aromatic rings. The molecule has 1 amide bonds. The van der Waals surface area contributed by atoms with Crippen molar-refractivity contribution in [2.75, 3.05) is 13.1 Å². The summed E-state index contributed by atoms with van der Waals surface area (Å²) in [6.07, 6.45) is 2.48. The van der Waals surface area contributed by atoms with Crippen LogP contribution >= 0.6 is 0 Å². The van der Waals surface area contributed by atoms with E-state index in [4.69, 9.17) is 9.15 Å². The van der Waals surface area contributed by atoms with Crippen LogP contribution in [-0.4, -0.2) is 40.0 Å². The number of hydrogen-bond acceptors (Lipinski definition) is 6. The molecule has 1 atom stereocenters. The van der Waals surface area contributed by atoms with Gasteiger partial charge < -0.3 is 19.2 Å². The molecule has 2 aliphatic rings. The zero-order valence-electron chi connectivity index (χ0n) is 19.0. The maximum atomic E-state index is 12.6. The highest BCUT2D eigenvalue weighted by molar-refractivity contribution is 5.94. The van der Waals surface area contributed by atoms with Crippen molar-refractivity contribution in [1.82, 2.24) is 9.80 Å². The third-order valence-electron chi connectivity index (χ3n) is 6.42. The van der Waals surface area contributed by atoms with Crippen molar-refractivity contribution in [1.29, 1.82) is 0 Å². The summed E-state index contributed by atoms with van der Waals surface area (Å²) in [5, 5.41) is 9.80. The number of piperidine rings is 1. The van der Waals surface area contributed by atoms with E-state index in [1.165, 1.54) is 23.5 Å². The number of likely N-dealkylation sites (tertiary alicyclic amines) is 1. The van der Waals surface area contributed by atoms with Gasteiger partial charge in [-0.05, 0) is 41.7 Å². The number of benzene rings is 2. The highest BCUT2D eigenvalue weighted by Crippen LogP contribution is 2.24. The summed E-state index contributed by atoms with van der Waals surface area (Å²) in [5.74, 6) is 0.690. The molecule has 0 radical (unpaired) electrons. The van der Waals surface area contributed by atoms with Crippen LogP contribution in [0.25, 0.3) is 0 Å². The molecule has 0 aliphatic carbocycles. The van der Waals surface area contributed by atoms with Crippen molar-refractivity contribution >= 4 is 5.91 Å². The van der Waals surface area contributed by atoms with E-state index in [2.05, 4.69) is 17.0 Å². The second-order valence-corrected chi connectivity index (χ2v) is 9.02. The fraction of sp³-hybridized carbons (Fsp3) is 0.333. The maximum absolute atomic E-state index is 12.6. The van der Waals surface area contributed by atoms with Gasteiger partial charge in [-0.1, -0.05) is 36.4 Å². The van der Waals surface area contributed by atoms with Gasteiger partial charge in [0.15, 0.2) is 0 Å². The SMILES string of the molecule is O=C(c1ccc(COc2coc(CN3Cc4ccccc4C3)cc2=O)cc1)N1CCCC(O)C1. The number of β-amino-alcohol motifs (C(OH)–C–C–N with tert-alkyl or cyclic N) is 1. The van der Waals surface area contributed by atoms with Gasteiger partial charge in [0.05, 0.1) is 12.6 Å². The van der Waals surface area contributed by atoms with E-state index in [9.17, 15) is 14.7 Å². The molecule has 34 heavy (non-hydrogen) atoms. The second-order valence-electron chi connectivity index (χ2n) is 9.02. The predicted octanol–water partition coefficient (Wildman–Crippen LogP) is 3.33. The summed E-state index contributed by atoms with van der Waals surface area (Å²) in [7, 11) is 0. The van der Waals surface area contributed by atoms with E-state index in [-0.39, 0.29) is 23.7 Å². The molecule has 1 unspecified atom stereocenters. The molecule has 7 nitrogen and oxygen atoms in total. The van der Waals surface area contributed by atoms with Crippen molar-refractivity contribution in [3.8, 4) is 5.75 Å². The smallest absolute Gasteiger partial charge is 0.253 e. The van der Waals surface area contributed by atoms with Crippen molar-refractivity contribution in [2.24, 2.45) is 0 Å². The zero-order valence-corrected chi connectivity index (χ0v) is 19.0. The highest BCUT2D eigenvalue weighted by Gasteiger charge is 2.23. The van der Waals surface area contributed by atoms with E-state index >= 15 is 0 Å². The van der Waals surface area contributed by atoms with Crippen LogP contribution in [0, 0.1) is 0 Å². The molecular formula is C27H28N2O5. The first kappa shape index (κ1) is 22.4. The molecule has 1 N–H and O–H groups in total. The quantitative estimate of drug-likeness (QED) is 0.608. The van der Waals surface area contributed by atoms with Gasteiger partial charge in [0, 0.05) is 37.8 Å². The number of ether oxygens (including phenoxy) is 1. The van der Waals surface area contributed by atoms with Gasteiger partial charge in [0.2, 0.25) is 11.2 Å². The lowest BCUT2D eigenvalue weighted by Crippen LogP contribution is -2.42. The van der Waals surface area contributed by atoms with Crippen LogP contribution in [0.15, 0.2) is 70.1 Å². The number of aliphatic hydroxyl groups excluding tert-OH is 1. The van der Waals surface area contributed by atoms with Crippen LogP contribution in [0.1, 0.15) is 45.7 Å². The molecule has 7 heteroatoms. The van der Waals surface area contributed by atoms with E-state index < -0.39 is 6.10 Å².